The molecule has 4 saturated carbocycles. The smallest absolute Gasteiger partial charge is 0.270 e. The van der Waals surface area contributed by atoms with Crippen molar-refractivity contribution in [3.63, 3.8) is 0 Å². The van der Waals surface area contributed by atoms with Crippen LogP contribution in [0.4, 0.5) is 0 Å². The zero-order valence-electron chi connectivity index (χ0n) is 16.5. The van der Waals surface area contributed by atoms with Crippen molar-refractivity contribution in [2.45, 2.75) is 76.3 Å². The van der Waals surface area contributed by atoms with E-state index in [-0.39, 0.29) is 5.91 Å². The molecule has 0 spiro atoms. The number of aromatic nitrogens is 1. The standard InChI is InChI=1S/C23H33N3O/c1-15-4-2-7-21(25-15)22(27)26-20-9-17-8-18-12-23(11-17,13-19(18)10-20)24-14-16-5-3-6-16/h2,4,7,16-20,24H,3,5-6,8-14H2,1H3,(H,26,27). The van der Waals surface area contributed by atoms with Crippen LogP contribution in [-0.2, 0) is 0 Å². The minimum absolute atomic E-state index is 0.00819. The Balaban J connectivity index is 1.23. The van der Waals surface area contributed by atoms with Gasteiger partial charge in [0.2, 0.25) is 0 Å². The molecule has 4 heteroatoms. The third-order valence-electron chi connectivity index (χ3n) is 7.94. The normalized spacial score (nSPS) is 37.7. The largest absolute Gasteiger partial charge is 0.348 e. The zero-order chi connectivity index (χ0) is 18.4. The highest BCUT2D eigenvalue weighted by atomic mass is 16.1. The molecular weight excluding hydrogens is 334 g/mol. The highest BCUT2D eigenvalue weighted by Crippen LogP contribution is 2.55. The molecule has 0 saturated heterocycles. The summed E-state index contributed by atoms with van der Waals surface area (Å²) in [5.41, 5.74) is 1.88. The maximum atomic E-state index is 12.7. The van der Waals surface area contributed by atoms with Gasteiger partial charge in [0.05, 0.1) is 0 Å². The van der Waals surface area contributed by atoms with Crippen LogP contribution in [0.25, 0.3) is 0 Å². The minimum atomic E-state index is 0.00819. The number of nitrogens with zero attached hydrogens (tertiary/aromatic N) is 1. The first-order valence-electron chi connectivity index (χ1n) is 11.1. The molecular formula is C23H33N3O. The summed E-state index contributed by atoms with van der Waals surface area (Å²) in [6.45, 7) is 3.18. The molecule has 27 heavy (non-hydrogen) atoms. The molecule has 1 aromatic heterocycles. The Bertz CT molecular complexity index is 711. The van der Waals surface area contributed by atoms with Gasteiger partial charge in [-0.3, -0.25) is 4.79 Å². The summed E-state index contributed by atoms with van der Waals surface area (Å²) in [6, 6.07) is 6.01. The number of aryl methyl sites for hydroxylation is 1. The van der Waals surface area contributed by atoms with Crippen molar-refractivity contribution in [3.8, 4) is 0 Å². The zero-order valence-corrected chi connectivity index (χ0v) is 16.5. The van der Waals surface area contributed by atoms with Crippen LogP contribution < -0.4 is 10.6 Å². The van der Waals surface area contributed by atoms with E-state index in [1.807, 2.05) is 25.1 Å². The summed E-state index contributed by atoms with van der Waals surface area (Å²) >= 11 is 0. The monoisotopic (exact) mass is 367 g/mol. The molecule has 4 fully saturated rings. The lowest BCUT2D eigenvalue weighted by Crippen LogP contribution is -2.50. The lowest BCUT2D eigenvalue weighted by molar-refractivity contribution is 0.0913. The summed E-state index contributed by atoms with van der Waals surface area (Å²) in [4.78, 5) is 17.1. The second-order valence-corrected chi connectivity index (χ2v) is 10.00. The van der Waals surface area contributed by atoms with E-state index in [1.54, 1.807) is 0 Å². The van der Waals surface area contributed by atoms with Gasteiger partial charge in [-0.2, -0.15) is 0 Å². The lowest BCUT2D eigenvalue weighted by atomic mass is 9.74. The third kappa shape index (κ3) is 3.53. The molecule has 1 aromatic rings. The Hall–Kier alpha value is -1.42. The van der Waals surface area contributed by atoms with E-state index in [4.69, 9.17) is 0 Å². The molecule has 2 N–H and O–H groups in total. The van der Waals surface area contributed by atoms with E-state index < -0.39 is 0 Å². The van der Waals surface area contributed by atoms with Crippen LogP contribution in [0.2, 0.25) is 0 Å². The summed E-state index contributed by atoms with van der Waals surface area (Å²) in [6.07, 6.45) is 12.0. The highest BCUT2D eigenvalue weighted by molar-refractivity contribution is 5.92. The number of hydrogen-bond donors (Lipinski definition) is 2. The van der Waals surface area contributed by atoms with Crippen LogP contribution in [-0.4, -0.2) is 29.0 Å². The first kappa shape index (κ1) is 17.7. The number of carbonyl (C=O) groups is 1. The Morgan fingerprint density at radius 2 is 1.96 bits per heavy atom. The molecule has 5 atom stereocenters. The molecule has 0 aliphatic heterocycles. The van der Waals surface area contributed by atoms with Crippen molar-refractivity contribution in [3.05, 3.63) is 29.6 Å². The van der Waals surface area contributed by atoms with Gasteiger partial charge in [-0.05, 0) is 101 Å². The average Bonchev–Trinajstić information content (AvgIpc) is 2.76. The van der Waals surface area contributed by atoms with Gasteiger partial charge in [-0.1, -0.05) is 12.5 Å². The molecule has 5 unspecified atom stereocenters. The Kier molecular flexibility index (Phi) is 4.50. The summed E-state index contributed by atoms with van der Waals surface area (Å²) < 4.78 is 0. The third-order valence-corrected chi connectivity index (χ3v) is 7.94. The van der Waals surface area contributed by atoms with Gasteiger partial charge in [0.1, 0.15) is 5.69 Å². The van der Waals surface area contributed by atoms with E-state index in [9.17, 15) is 4.79 Å². The molecule has 0 radical (unpaired) electrons. The topological polar surface area (TPSA) is 54.0 Å². The van der Waals surface area contributed by atoms with Gasteiger partial charge in [0.15, 0.2) is 0 Å². The molecule has 1 amide bonds. The van der Waals surface area contributed by atoms with E-state index in [1.165, 1.54) is 51.5 Å². The van der Waals surface area contributed by atoms with Crippen LogP contribution >= 0.6 is 0 Å². The number of amides is 1. The van der Waals surface area contributed by atoms with Crippen molar-refractivity contribution < 1.29 is 4.79 Å². The van der Waals surface area contributed by atoms with Gasteiger partial charge in [-0.15, -0.1) is 0 Å². The maximum Gasteiger partial charge on any atom is 0.270 e. The van der Waals surface area contributed by atoms with Gasteiger partial charge in [0, 0.05) is 17.3 Å². The SMILES string of the molecule is Cc1cccc(C(=O)NC2CC3CC4CC(NCC5CCC5)(C3)CC4C2)n1. The summed E-state index contributed by atoms with van der Waals surface area (Å²) in [5, 5.41) is 7.38. The molecule has 0 aromatic carbocycles. The summed E-state index contributed by atoms with van der Waals surface area (Å²) in [5.74, 6) is 3.36. The number of fused-ring (bicyclic) bond motifs is 2. The number of nitrogens with one attached hydrogen (secondary N) is 2. The lowest BCUT2D eigenvalue weighted by Gasteiger charge is -2.41. The molecule has 4 aliphatic rings. The second kappa shape index (κ2) is 6.88. The predicted molar refractivity (Wildman–Crippen MR) is 106 cm³/mol. The fraction of sp³-hybridized carbons (Fsp3) is 0.739. The summed E-state index contributed by atoms with van der Waals surface area (Å²) in [7, 11) is 0. The Labute approximate surface area is 162 Å². The van der Waals surface area contributed by atoms with Gasteiger partial charge in [-0.25, -0.2) is 4.98 Å². The number of pyridine rings is 1. The highest BCUT2D eigenvalue weighted by Gasteiger charge is 2.53. The van der Waals surface area contributed by atoms with Crippen molar-refractivity contribution in [2.75, 3.05) is 6.54 Å². The molecule has 146 valence electrons. The van der Waals surface area contributed by atoms with Crippen LogP contribution in [0, 0.1) is 30.6 Å². The van der Waals surface area contributed by atoms with Crippen molar-refractivity contribution in [1.82, 2.24) is 15.6 Å². The van der Waals surface area contributed by atoms with Crippen molar-refractivity contribution >= 4 is 5.91 Å². The maximum absolute atomic E-state index is 12.7. The molecule has 1 heterocycles. The molecule has 4 aliphatic carbocycles. The van der Waals surface area contributed by atoms with Crippen molar-refractivity contribution in [2.24, 2.45) is 23.7 Å². The van der Waals surface area contributed by atoms with Crippen molar-refractivity contribution in [1.29, 1.82) is 0 Å². The minimum Gasteiger partial charge on any atom is -0.348 e. The van der Waals surface area contributed by atoms with Gasteiger partial charge < -0.3 is 10.6 Å². The number of hydrogen-bond acceptors (Lipinski definition) is 3. The Morgan fingerprint density at radius 1 is 1.15 bits per heavy atom. The van der Waals surface area contributed by atoms with Crippen LogP contribution in [0.3, 0.4) is 0 Å². The van der Waals surface area contributed by atoms with Crippen LogP contribution in [0.15, 0.2) is 18.2 Å². The van der Waals surface area contributed by atoms with Gasteiger partial charge >= 0.3 is 0 Å². The quantitative estimate of drug-likeness (QED) is 0.831. The van der Waals surface area contributed by atoms with Crippen LogP contribution in [0.1, 0.15) is 74.0 Å². The van der Waals surface area contributed by atoms with E-state index in [0.717, 1.165) is 42.2 Å². The first-order valence-corrected chi connectivity index (χ1v) is 11.1. The predicted octanol–water partition coefficient (Wildman–Crippen LogP) is 3.85. The average molecular weight is 368 g/mol. The van der Waals surface area contributed by atoms with E-state index in [0.29, 0.717) is 17.3 Å². The molecule has 5 rings (SSSR count). The van der Waals surface area contributed by atoms with E-state index >= 15 is 0 Å². The van der Waals surface area contributed by atoms with Crippen LogP contribution in [0.5, 0.6) is 0 Å². The van der Waals surface area contributed by atoms with Gasteiger partial charge in [0.25, 0.3) is 5.91 Å². The molecule has 4 nitrogen and oxygen atoms in total. The molecule has 3 bridgehead atoms. The number of carbonyl (C=O) groups excluding carboxylic acids is 1. The Morgan fingerprint density at radius 3 is 2.70 bits per heavy atom. The fourth-order valence-electron chi connectivity index (χ4n) is 6.57. The number of rotatable bonds is 5. The van der Waals surface area contributed by atoms with E-state index in [2.05, 4.69) is 15.6 Å². The first-order chi connectivity index (χ1) is 13.1. The fourth-order valence-corrected chi connectivity index (χ4v) is 6.57. The second-order valence-electron chi connectivity index (χ2n) is 10.00.